The van der Waals surface area contributed by atoms with Crippen molar-refractivity contribution in [2.75, 3.05) is 6.54 Å². The van der Waals surface area contributed by atoms with Gasteiger partial charge in [-0.1, -0.05) is 54.4 Å². The molecule has 0 amide bonds. The Morgan fingerprint density at radius 1 is 0.826 bits per heavy atom. The number of hydrogen-bond acceptors (Lipinski definition) is 1. The molecule has 0 spiro atoms. The number of hydrogen-bond donors (Lipinski definition) is 0. The summed E-state index contributed by atoms with van der Waals surface area (Å²) in [5, 5.41) is 0.807. The maximum Gasteiger partial charge on any atom is 0.0406 e. The van der Waals surface area contributed by atoms with Gasteiger partial charge in [-0.3, -0.25) is 4.90 Å². The van der Waals surface area contributed by atoms with Gasteiger partial charge in [-0.05, 0) is 67.5 Å². The van der Waals surface area contributed by atoms with Gasteiger partial charge in [0.15, 0.2) is 0 Å². The zero-order valence-corrected chi connectivity index (χ0v) is 14.3. The van der Waals surface area contributed by atoms with E-state index >= 15 is 0 Å². The topological polar surface area (TPSA) is 3.24 Å². The Balaban J connectivity index is 1.46. The molecule has 2 fully saturated rings. The lowest BCUT2D eigenvalue weighted by atomic mass is 9.99. The van der Waals surface area contributed by atoms with E-state index in [1.54, 1.807) is 0 Å². The molecule has 4 rings (SSSR count). The fourth-order valence-corrected chi connectivity index (χ4v) is 4.44. The van der Waals surface area contributed by atoms with Crippen LogP contribution < -0.4 is 0 Å². The minimum Gasteiger partial charge on any atom is -0.293 e. The van der Waals surface area contributed by atoms with Crippen LogP contribution in [0.3, 0.4) is 0 Å². The van der Waals surface area contributed by atoms with Crippen molar-refractivity contribution in [1.82, 2.24) is 4.90 Å². The van der Waals surface area contributed by atoms with Crippen molar-refractivity contribution in [3.05, 3.63) is 70.2 Å². The van der Waals surface area contributed by atoms with Crippen molar-refractivity contribution >= 4 is 11.6 Å². The van der Waals surface area contributed by atoms with Crippen molar-refractivity contribution < 1.29 is 0 Å². The Bertz CT molecular complexity index is 647. The molecule has 2 aromatic carbocycles. The van der Waals surface area contributed by atoms with Crippen LogP contribution in [0.5, 0.6) is 0 Å². The zero-order valence-electron chi connectivity index (χ0n) is 13.5. The highest BCUT2D eigenvalue weighted by molar-refractivity contribution is 6.30. The van der Waals surface area contributed by atoms with E-state index in [0.29, 0.717) is 6.04 Å². The fraction of sp³-hybridized carbons (Fsp3) is 0.429. The van der Waals surface area contributed by atoms with E-state index in [1.165, 1.54) is 55.3 Å². The number of halogens is 1. The molecule has 0 bridgehead atoms. The van der Waals surface area contributed by atoms with Crippen LogP contribution in [-0.2, 0) is 6.42 Å². The summed E-state index contributed by atoms with van der Waals surface area (Å²) in [5.74, 6) is 0. The summed E-state index contributed by atoms with van der Waals surface area (Å²) in [6.45, 7) is 1.29. The van der Waals surface area contributed by atoms with Crippen LogP contribution in [0, 0.1) is 0 Å². The molecule has 2 heteroatoms. The largest absolute Gasteiger partial charge is 0.293 e. The monoisotopic (exact) mass is 325 g/mol. The van der Waals surface area contributed by atoms with E-state index in [-0.39, 0.29) is 0 Å². The third kappa shape index (κ3) is 3.32. The minimum absolute atomic E-state index is 0.657. The summed E-state index contributed by atoms with van der Waals surface area (Å²) in [6.07, 6.45) is 7.91. The smallest absolute Gasteiger partial charge is 0.0406 e. The van der Waals surface area contributed by atoms with Gasteiger partial charge in [0.05, 0.1) is 0 Å². The Morgan fingerprint density at radius 3 is 2.26 bits per heavy atom. The Labute approximate surface area is 144 Å². The fourth-order valence-electron chi connectivity index (χ4n) is 4.31. The first kappa shape index (κ1) is 15.2. The molecule has 2 aliphatic rings. The van der Waals surface area contributed by atoms with Crippen LogP contribution in [0.1, 0.15) is 54.8 Å². The summed E-state index contributed by atoms with van der Waals surface area (Å²) in [7, 11) is 0. The molecule has 2 aromatic rings. The maximum atomic E-state index is 5.96. The van der Waals surface area contributed by atoms with Gasteiger partial charge >= 0.3 is 0 Å². The van der Waals surface area contributed by atoms with E-state index < -0.39 is 0 Å². The summed E-state index contributed by atoms with van der Waals surface area (Å²) in [5.41, 5.74) is 4.21. The quantitative estimate of drug-likeness (QED) is 0.708. The number of fused-ring (bicyclic) bond motifs is 1. The maximum absolute atomic E-state index is 5.96. The predicted octanol–water partition coefficient (Wildman–Crippen LogP) is 5.62. The van der Waals surface area contributed by atoms with Crippen LogP contribution in [-0.4, -0.2) is 17.5 Å². The van der Waals surface area contributed by atoms with Gasteiger partial charge in [-0.25, -0.2) is 0 Å². The second-order valence-electron chi connectivity index (χ2n) is 7.03. The highest BCUT2D eigenvalue weighted by Gasteiger charge is 2.35. The predicted molar refractivity (Wildman–Crippen MR) is 97.0 cm³/mol. The molecule has 0 saturated carbocycles. The molecule has 2 atom stereocenters. The van der Waals surface area contributed by atoms with Gasteiger partial charge in [0, 0.05) is 17.1 Å². The molecular weight excluding hydrogens is 302 g/mol. The summed E-state index contributed by atoms with van der Waals surface area (Å²) < 4.78 is 0. The van der Waals surface area contributed by atoms with Crippen molar-refractivity contribution in [3.63, 3.8) is 0 Å². The normalized spacial score (nSPS) is 24.6. The number of benzene rings is 2. The standard InChI is InChI=1S/C21H24ClN/c22-19-10-6-17(7-11-19)15-16-4-8-18(9-5-16)21-13-12-20-3-1-2-14-23(20)21/h4-11,20-21H,1-3,12-15H2/t20-,21-/m1/s1. The third-order valence-corrected chi connectivity index (χ3v) is 5.78. The van der Waals surface area contributed by atoms with Crippen molar-refractivity contribution in [2.24, 2.45) is 0 Å². The van der Waals surface area contributed by atoms with Crippen molar-refractivity contribution in [3.8, 4) is 0 Å². The van der Waals surface area contributed by atoms with E-state index in [1.807, 2.05) is 12.1 Å². The lowest BCUT2D eigenvalue weighted by Gasteiger charge is -2.34. The second-order valence-corrected chi connectivity index (χ2v) is 7.46. The SMILES string of the molecule is Clc1ccc(Cc2ccc([C@H]3CC[C@H]4CCCCN43)cc2)cc1. The number of nitrogens with zero attached hydrogens (tertiary/aromatic N) is 1. The van der Waals surface area contributed by atoms with Crippen LogP contribution in [0.25, 0.3) is 0 Å². The van der Waals surface area contributed by atoms with E-state index in [0.717, 1.165) is 17.5 Å². The van der Waals surface area contributed by atoms with Crippen molar-refractivity contribution in [2.45, 2.75) is 50.6 Å². The van der Waals surface area contributed by atoms with Crippen LogP contribution in [0.4, 0.5) is 0 Å². The Morgan fingerprint density at radius 2 is 1.52 bits per heavy atom. The van der Waals surface area contributed by atoms with E-state index in [4.69, 9.17) is 11.6 Å². The first-order valence-corrected chi connectivity index (χ1v) is 9.26. The number of piperidine rings is 1. The lowest BCUT2D eigenvalue weighted by Crippen LogP contribution is -2.35. The lowest BCUT2D eigenvalue weighted by molar-refractivity contribution is 0.150. The highest BCUT2D eigenvalue weighted by atomic mass is 35.5. The summed E-state index contributed by atoms with van der Waals surface area (Å²) >= 11 is 5.96. The van der Waals surface area contributed by atoms with Gasteiger partial charge in [0.25, 0.3) is 0 Å². The molecule has 0 unspecified atom stereocenters. The first-order valence-electron chi connectivity index (χ1n) is 8.88. The van der Waals surface area contributed by atoms with Gasteiger partial charge in [0.2, 0.25) is 0 Å². The molecule has 0 N–H and O–H groups in total. The molecule has 0 aliphatic carbocycles. The minimum atomic E-state index is 0.657. The van der Waals surface area contributed by atoms with Crippen LogP contribution >= 0.6 is 11.6 Å². The zero-order chi connectivity index (χ0) is 15.6. The molecule has 120 valence electrons. The van der Waals surface area contributed by atoms with E-state index in [9.17, 15) is 0 Å². The molecule has 2 heterocycles. The highest BCUT2D eigenvalue weighted by Crippen LogP contribution is 2.40. The van der Waals surface area contributed by atoms with Crippen LogP contribution in [0.2, 0.25) is 5.02 Å². The summed E-state index contributed by atoms with van der Waals surface area (Å²) in [4.78, 5) is 2.76. The molecule has 2 saturated heterocycles. The molecule has 2 aliphatic heterocycles. The van der Waals surface area contributed by atoms with Crippen molar-refractivity contribution in [1.29, 1.82) is 0 Å². The Kier molecular flexibility index (Phi) is 4.41. The van der Waals surface area contributed by atoms with E-state index in [2.05, 4.69) is 41.3 Å². The van der Waals surface area contributed by atoms with Gasteiger partial charge in [-0.15, -0.1) is 0 Å². The third-order valence-electron chi connectivity index (χ3n) is 5.53. The summed E-state index contributed by atoms with van der Waals surface area (Å²) in [6, 6.07) is 19.0. The number of rotatable bonds is 3. The average molecular weight is 326 g/mol. The molecule has 0 radical (unpaired) electrons. The van der Waals surface area contributed by atoms with Gasteiger partial charge in [-0.2, -0.15) is 0 Å². The molecular formula is C21H24ClN. The molecule has 1 nitrogen and oxygen atoms in total. The molecule has 0 aromatic heterocycles. The Hall–Kier alpha value is -1.31. The van der Waals surface area contributed by atoms with Gasteiger partial charge in [0.1, 0.15) is 0 Å². The average Bonchev–Trinajstić information content (AvgIpc) is 3.02. The second kappa shape index (κ2) is 6.67. The molecule has 23 heavy (non-hydrogen) atoms. The van der Waals surface area contributed by atoms with Crippen LogP contribution in [0.15, 0.2) is 48.5 Å². The van der Waals surface area contributed by atoms with Gasteiger partial charge < -0.3 is 0 Å². The first-order chi connectivity index (χ1) is 11.3.